The highest BCUT2D eigenvalue weighted by molar-refractivity contribution is 5.76. The van der Waals surface area contributed by atoms with Crippen LogP contribution in [0.1, 0.15) is 25.1 Å². The van der Waals surface area contributed by atoms with Crippen LogP contribution in [0, 0.1) is 11.3 Å². The highest BCUT2D eigenvalue weighted by Gasteiger charge is 2.11. The van der Waals surface area contributed by atoms with E-state index in [0.29, 0.717) is 30.6 Å². The summed E-state index contributed by atoms with van der Waals surface area (Å²) >= 11 is 0. The van der Waals surface area contributed by atoms with Gasteiger partial charge < -0.3 is 9.30 Å². The summed E-state index contributed by atoms with van der Waals surface area (Å²) in [5, 5.41) is 9.10. The fourth-order valence-corrected chi connectivity index (χ4v) is 1.86. The Hall–Kier alpha value is -2.61. The first kappa shape index (κ1) is 13.8. The molecule has 2 aromatic rings. The number of rotatable bonds is 4. The molecule has 5 heteroatoms. The van der Waals surface area contributed by atoms with E-state index in [4.69, 9.17) is 10.00 Å². The first-order valence-electron chi connectivity index (χ1n) is 6.41. The zero-order valence-electron chi connectivity index (χ0n) is 11.6. The van der Waals surface area contributed by atoms with Crippen LogP contribution >= 0.6 is 0 Å². The largest absolute Gasteiger partial charge is 0.481 e. The van der Waals surface area contributed by atoms with Crippen molar-refractivity contribution in [3.8, 4) is 6.07 Å². The molecule has 0 N–H and O–H groups in total. The molecule has 0 radical (unpaired) electrons. The predicted octanol–water partition coefficient (Wildman–Crippen LogP) is 2.89. The lowest BCUT2D eigenvalue weighted by atomic mass is 10.2. The van der Waals surface area contributed by atoms with Crippen LogP contribution in [0.3, 0.4) is 0 Å². The SMILES string of the molecule is CCO/C(C)=N/c1c(C#N)ncn1Cc1ccccc1. The summed E-state index contributed by atoms with van der Waals surface area (Å²) in [5.41, 5.74) is 1.43. The third-order valence-corrected chi connectivity index (χ3v) is 2.73. The fourth-order valence-electron chi connectivity index (χ4n) is 1.86. The van der Waals surface area contributed by atoms with E-state index in [2.05, 4.69) is 16.0 Å². The van der Waals surface area contributed by atoms with Gasteiger partial charge in [0, 0.05) is 6.92 Å². The third-order valence-electron chi connectivity index (χ3n) is 2.73. The summed E-state index contributed by atoms with van der Waals surface area (Å²) < 4.78 is 7.16. The van der Waals surface area contributed by atoms with Crippen molar-refractivity contribution in [3.05, 3.63) is 47.9 Å². The van der Waals surface area contributed by atoms with Gasteiger partial charge in [0.15, 0.2) is 17.4 Å². The Balaban J connectivity index is 2.33. The lowest BCUT2D eigenvalue weighted by Crippen LogP contribution is -2.02. The molecule has 0 saturated carbocycles. The van der Waals surface area contributed by atoms with E-state index in [1.807, 2.05) is 41.8 Å². The quantitative estimate of drug-likeness (QED) is 0.632. The van der Waals surface area contributed by atoms with Crippen molar-refractivity contribution in [1.82, 2.24) is 9.55 Å². The number of hydrogen-bond acceptors (Lipinski definition) is 4. The van der Waals surface area contributed by atoms with Gasteiger partial charge in [-0.2, -0.15) is 10.3 Å². The number of hydrogen-bond donors (Lipinski definition) is 0. The Morgan fingerprint density at radius 2 is 2.15 bits per heavy atom. The summed E-state index contributed by atoms with van der Waals surface area (Å²) in [5.74, 6) is 1.06. The van der Waals surface area contributed by atoms with Gasteiger partial charge in [0.1, 0.15) is 6.07 Å². The van der Waals surface area contributed by atoms with Gasteiger partial charge in [-0.15, -0.1) is 0 Å². The number of imidazole rings is 1. The molecule has 1 heterocycles. The molecule has 20 heavy (non-hydrogen) atoms. The van der Waals surface area contributed by atoms with Gasteiger partial charge in [-0.1, -0.05) is 30.3 Å². The molecular weight excluding hydrogens is 252 g/mol. The zero-order valence-corrected chi connectivity index (χ0v) is 11.6. The predicted molar refractivity (Wildman–Crippen MR) is 76.9 cm³/mol. The second kappa shape index (κ2) is 6.53. The average molecular weight is 268 g/mol. The van der Waals surface area contributed by atoms with Gasteiger partial charge in [0.05, 0.1) is 19.5 Å². The highest BCUT2D eigenvalue weighted by Crippen LogP contribution is 2.19. The van der Waals surface area contributed by atoms with E-state index < -0.39 is 0 Å². The number of nitrogens with zero attached hydrogens (tertiary/aromatic N) is 4. The van der Waals surface area contributed by atoms with Crippen LogP contribution in [0.2, 0.25) is 0 Å². The van der Waals surface area contributed by atoms with Crippen LogP contribution in [0.4, 0.5) is 5.82 Å². The molecule has 1 aromatic carbocycles. The summed E-state index contributed by atoms with van der Waals surface area (Å²) in [7, 11) is 0. The number of aliphatic imine (C=N–C) groups is 1. The molecule has 102 valence electrons. The molecule has 0 fully saturated rings. The Morgan fingerprint density at radius 1 is 1.40 bits per heavy atom. The van der Waals surface area contributed by atoms with Crippen molar-refractivity contribution in [3.63, 3.8) is 0 Å². The Morgan fingerprint density at radius 3 is 2.80 bits per heavy atom. The van der Waals surface area contributed by atoms with Gasteiger partial charge >= 0.3 is 0 Å². The standard InChI is InChI=1S/C15H16N4O/c1-3-20-12(2)18-15-14(9-16)17-11-19(15)10-13-7-5-4-6-8-13/h4-8,11H,3,10H2,1-2H3/b18-12+. The van der Waals surface area contributed by atoms with Crippen LogP contribution in [0.15, 0.2) is 41.7 Å². The highest BCUT2D eigenvalue weighted by atomic mass is 16.5. The number of ether oxygens (including phenoxy) is 1. The summed E-state index contributed by atoms with van der Waals surface area (Å²) in [4.78, 5) is 8.43. The van der Waals surface area contributed by atoms with Crippen LogP contribution in [0.5, 0.6) is 0 Å². The summed E-state index contributed by atoms with van der Waals surface area (Å²) in [6.07, 6.45) is 1.63. The van der Waals surface area contributed by atoms with E-state index in [1.165, 1.54) is 0 Å². The van der Waals surface area contributed by atoms with Crippen molar-refractivity contribution in [2.24, 2.45) is 4.99 Å². The van der Waals surface area contributed by atoms with E-state index in [9.17, 15) is 0 Å². The first-order valence-corrected chi connectivity index (χ1v) is 6.41. The maximum Gasteiger partial charge on any atom is 0.186 e. The second-order valence-corrected chi connectivity index (χ2v) is 4.21. The molecule has 0 atom stereocenters. The van der Waals surface area contributed by atoms with Crippen LogP contribution < -0.4 is 0 Å². The molecule has 0 aliphatic carbocycles. The first-order chi connectivity index (χ1) is 9.74. The molecule has 2 rings (SSSR count). The molecule has 0 amide bonds. The third kappa shape index (κ3) is 3.23. The van der Waals surface area contributed by atoms with Crippen molar-refractivity contribution in [1.29, 1.82) is 5.26 Å². The lowest BCUT2D eigenvalue weighted by Gasteiger charge is -2.06. The van der Waals surface area contributed by atoms with E-state index >= 15 is 0 Å². The van der Waals surface area contributed by atoms with Gasteiger partial charge in [0.2, 0.25) is 0 Å². The van der Waals surface area contributed by atoms with Gasteiger partial charge in [-0.25, -0.2) is 4.98 Å². The van der Waals surface area contributed by atoms with Crippen molar-refractivity contribution in [2.75, 3.05) is 6.61 Å². The maximum absolute atomic E-state index is 9.10. The van der Waals surface area contributed by atoms with Crippen molar-refractivity contribution < 1.29 is 4.74 Å². The Bertz CT molecular complexity index is 638. The summed E-state index contributed by atoms with van der Waals surface area (Å²) in [6, 6.07) is 12.0. The Labute approximate surface area is 118 Å². The number of aromatic nitrogens is 2. The monoisotopic (exact) mass is 268 g/mol. The number of benzene rings is 1. The molecule has 5 nitrogen and oxygen atoms in total. The molecule has 0 spiro atoms. The van der Waals surface area contributed by atoms with Gasteiger partial charge in [-0.05, 0) is 12.5 Å². The minimum absolute atomic E-state index is 0.306. The minimum atomic E-state index is 0.306. The second-order valence-electron chi connectivity index (χ2n) is 4.21. The smallest absolute Gasteiger partial charge is 0.186 e. The van der Waals surface area contributed by atoms with E-state index in [0.717, 1.165) is 5.56 Å². The minimum Gasteiger partial charge on any atom is -0.481 e. The van der Waals surface area contributed by atoms with Crippen molar-refractivity contribution >= 4 is 11.7 Å². The lowest BCUT2D eigenvalue weighted by molar-refractivity contribution is 0.324. The van der Waals surface area contributed by atoms with Gasteiger partial charge in [0.25, 0.3) is 0 Å². The van der Waals surface area contributed by atoms with Crippen molar-refractivity contribution in [2.45, 2.75) is 20.4 Å². The maximum atomic E-state index is 9.10. The molecular formula is C15H16N4O. The van der Waals surface area contributed by atoms with E-state index in [1.54, 1.807) is 13.3 Å². The normalized spacial score (nSPS) is 11.2. The van der Waals surface area contributed by atoms with Crippen LogP contribution in [-0.2, 0) is 11.3 Å². The molecule has 0 aliphatic heterocycles. The topological polar surface area (TPSA) is 63.2 Å². The molecule has 0 unspecified atom stereocenters. The molecule has 1 aromatic heterocycles. The number of nitriles is 1. The molecule has 0 bridgehead atoms. The van der Waals surface area contributed by atoms with E-state index in [-0.39, 0.29) is 0 Å². The zero-order chi connectivity index (χ0) is 14.4. The van der Waals surface area contributed by atoms with Crippen LogP contribution in [-0.4, -0.2) is 22.1 Å². The average Bonchev–Trinajstić information content (AvgIpc) is 2.82. The molecule has 0 saturated heterocycles. The Kier molecular flexibility index (Phi) is 4.51. The van der Waals surface area contributed by atoms with Gasteiger partial charge in [-0.3, -0.25) is 0 Å². The summed E-state index contributed by atoms with van der Waals surface area (Å²) in [6.45, 7) is 4.83. The fraction of sp³-hybridized carbons (Fsp3) is 0.267. The molecule has 0 aliphatic rings. The van der Waals surface area contributed by atoms with Crippen LogP contribution in [0.25, 0.3) is 0 Å².